The van der Waals surface area contributed by atoms with Crippen molar-refractivity contribution in [1.29, 1.82) is 5.26 Å². The Balaban J connectivity index is 1.65. The van der Waals surface area contributed by atoms with Crippen LogP contribution in [0.3, 0.4) is 0 Å². The Hall–Kier alpha value is -3.39. The average molecular weight is 355 g/mol. The normalized spacial score (nSPS) is 11.0. The number of aromatic nitrogens is 4. The fourth-order valence-electron chi connectivity index (χ4n) is 3.34. The average Bonchev–Trinajstić information content (AvgIpc) is 3.32. The Labute approximate surface area is 158 Å². The van der Waals surface area contributed by atoms with Crippen molar-refractivity contribution in [3.05, 3.63) is 78.0 Å². The zero-order chi connectivity index (χ0) is 18.6. The number of aryl methyl sites for hydroxylation is 1. The highest BCUT2D eigenvalue weighted by atomic mass is 15.1. The molecule has 0 N–H and O–H groups in total. The summed E-state index contributed by atoms with van der Waals surface area (Å²) in [5.41, 5.74) is 4.69. The summed E-state index contributed by atoms with van der Waals surface area (Å²) in [5.74, 6) is 1.09. The van der Waals surface area contributed by atoms with E-state index in [0.717, 1.165) is 48.5 Å². The van der Waals surface area contributed by atoms with Gasteiger partial charge in [-0.15, -0.1) is 0 Å². The van der Waals surface area contributed by atoms with Gasteiger partial charge in [-0.25, -0.2) is 9.97 Å². The van der Waals surface area contributed by atoms with Crippen LogP contribution in [0.15, 0.2) is 60.9 Å². The number of imidazole rings is 1. The van der Waals surface area contributed by atoms with E-state index in [2.05, 4.69) is 46.8 Å². The molecule has 0 saturated carbocycles. The monoisotopic (exact) mass is 355 g/mol. The number of benzene rings is 1. The Morgan fingerprint density at radius 3 is 2.70 bits per heavy atom. The van der Waals surface area contributed by atoms with E-state index >= 15 is 0 Å². The number of rotatable bonds is 6. The molecule has 3 aromatic heterocycles. The Morgan fingerprint density at radius 2 is 1.93 bits per heavy atom. The van der Waals surface area contributed by atoms with Crippen LogP contribution in [0, 0.1) is 11.3 Å². The second kappa shape index (κ2) is 7.46. The quantitative estimate of drug-likeness (QED) is 0.512. The van der Waals surface area contributed by atoms with Gasteiger partial charge >= 0.3 is 0 Å². The first-order chi connectivity index (χ1) is 13.3. The molecular formula is C22H21N5. The molecule has 0 aliphatic heterocycles. The number of nitrogens with zero attached hydrogens (tertiary/aromatic N) is 5. The van der Waals surface area contributed by atoms with Crippen molar-refractivity contribution in [2.24, 2.45) is 0 Å². The zero-order valence-electron chi connectivity index (χ0n) is 15.3. The number of pyridine rings is 1. The van der Waals surface area contributed by atoms with Crippen LogP contribution >= 0.6 is 0 Å². The molecule has 0 fully saturated rings. The lowest BCUT2D eigenvalue weighted by molar-refractivity contribution is 0.686. The molecule has 0 saturated heterocycles. The maximum atomic E-state index is 9.21. The van der Waals surface area contributed by atoms with Gasteiger partial charge in [-0.3, -0.25) is 0 Å². The summed E-state index contributed by atoms with van der Waals surface area (Å²) in [7, 11) is 0. The first-order valence-electron chi connectivity index (χ1n) is 9.27. The highest BCUT2D eigenvalue weighted by Crippen LogP contribution is 2.19. The smallest absolute Gasteiger partial charge is 0.160 e. The molecule has 0 unspecified atom stereocenters. The van der Waals surface area contributed by atoms with Gasteiger partial charge in [0, 0.05) is 24.5 Å². The second-order valence-corrected chi connectivity index (χ2v) is 6.61. The van der Waals surface area contributed by atoms with Crippen LogP contribution in [-0.2, 0) is 13.0 Å². The molecule has 1 aromatic carbocycles. The Bertz CT molecular complexity index is 1100. The number of hydrogen-bond donors (Lipinski definition) is 0. The summed E-state index contributed by atoms with van der Waals surface area (Å²) in [6.45, 7) is 2.93. The van der Waals surface area contributed by atoms with E-state index in [1.54, 1.807) is 0 Å². The fraction of sp³-hybridized carbons (Fsp3) is 0.227. The van der Waals surface area contributed by atoms with Crippen molar-refractivity contribution in [1.82, 2.24) is 19.1 Å². The maximum Gasteiger partial charge on any atom is 0.160 e. The minimum atomic E-state index is 0.634. The SMILES string of the molecule is CCCCc1nc2cccnc2n1Cc1ccc(-n2cccc2C#N)cc1. The van der Waals surface area contributed by atoms with Gasteiger partial charge < -0.3 is 9.13 Å². The molecule has 27 heavy (non-hydrogen) atoms. The van der Waals surface area contributed by atoms with Crippen molar-refractivity contribution in [2.45, 2.75) is 32.7 Å². The lowest BCUT2D eigenvalue weighted by Gasteiger charge is -2.10. The van der Waals surface area contributed by atoms with E-state index in [9.17, 15) is 5.26 Å². The summed E-state index contributed by atoms with van der Waals surface area (Å²) in [6.07, 6.45) is 6.95. The summed E-state index contributed by atoms with van der Waals surface area (Å²) >= 11 is 0. The van der Waals surface area contributed by atoms with Gasteiger partial charge in [-0.05, 0) is 48.4 Å². The van der Waals surface area contributed by atoms with E-state index in [0.29, 0.717) is 5.69 Å². The Kier molecular flexibility index (Phi) is 4.71. The van der Waals surface area contributed by atoms with Gasteiger partial charge in [0.1, 0.15) is 23.1 Å². The topological polar surface area (TPSA) is 59.4 Å². The predicted octanol–water partition coefficient (Wildman–Crippen LogP) is 4.48. The minimum Gasteiger partial charge on any atom is -0.308 e. The van der Waals surface area contributed by atoms with Gasteiger partial charge in [-0.1, -0.05) is 25.5 Å². The van der Waals surface area contributed by atoms with Crippen LogP contribution in [0.5, 0.6) is 0 Å². The van der Waals surface area contributed by atoms with E-state index in [1.807, 2.05) is 41.2 Å². The van der Waals surface area contributed by atoms with Crippen LogP contribution < -0.4 is 0 Å². The number of fused-ring (bicyclic) bond motifs is 1. The molecule has 4 rings (SSSR count). The predicted molar refractivity (Wildman–Crippen MR) is 106 cm³/mol. The van der Waals surface area contributed by atoms with Crippen molar-refractivity contribution in [3.8, 4) is 11.8 Å². The third-order valence-corrected chi connectivity index (χ3v) is 4.76. The van der Waals surface area contributed by atoms with Crippen molar-refractivity contribution >= 4 is 11.2 Å². The molecule has 0 bridgehead atoms. The Morgan fingerprint density at radius 1 is 1.07 bits per heavy atom. The summed E-state index contributed by atoms with van der Waals surface area (Å²) in [5, 5.41) is 9.21. The molecule has 5 nitrogen and oxygen atoms in total. The summed E-state index contributed by atoms with van der Waals surface area (Å²) in [6, 6.07) is 18.2. The highest BCUT2D eigenvalue weighted by Gasteiger charge is 2.12. The van der Waals surface area contributed by atoms with E-state index in [4.69, 9.17) is 4.98 Å². The fourth-order valence-corrected chi connectivity index (χ4v) is 3.34. The van der Waals surface area contributed by atoms with Gasteiger partial charge in [0.15, 0.2) is 5.65 Å². The first-order valence-corrected chi connectivity index (χ1v) is 9.27. The molecule has 5 heteroatoms. The molecule has 0 atom stereocenters. The molecule has 3 heterocycles. The zero-order valence-corrected chi connectivity index (χ0v) is 15.3. The van der Waals surface area contributed by atoms with Crippen LogP contribution in [0.4, 0.5) is 0 Å². The largest absolute Gasteiger partial charge is 0.308 e. The number of nitriles is 1. The number of hydrogen-bond acceptors (Lipinski definition) is 3. The summed E-state index contributed by atoms with van der Waals surface area (Å²) in [4.78, 5) is 9.33. The van der Waals surface area contributed by atoms with Crippen molar-refractivity contribution in [3.63, 3.8) is 0 Å². The molecule has 0 amide bonds. The molecular weight excluding hydrogens is 334 g/mol. The highest BCUT2D eigenvalue weighted by molar-refractivity contribution is 5.71. The molecule has 0 spiro atoms. The van der Waals surface area contributed by atoms with Gasteiger partial charge in [0.2, 0.25) is 0 Å². The van der Waals surface area contributed by atoms with Crippen molar-refractivity contribution in [2.75, 3.05) is 0 Å². The lowest BCUT2D eigenvalue weighted by Crippen LogP contribution is -2.06. The van der Waals surface area contributed by atoms with Crippen LogP contribution in [-0.4, -0.2) is 19.1 Å². The standard InChI is InChI=1S/C22H21N5/c1-2-3-8-21-25-20-7-4-13-24-22(20)27(21)16-17-9-11-18(12-10-17)26-14-5-6-19(26)15-23/h4-7,9-14H,2-3,8,16H2,1H3. The molecule has 4 aromatic rings. The summed E-state index contributed by atoms with van der Waals surface area (Å²) < 4.78 is 4.11. The van der Waals surface area contributed by atoms with Crippen molar-refractivity contribution < 1.29 is 0 Å². The first kappa shape index (κ1) is 17.0. The molecule has 0 radical (unpaired) electrons. The molecule has 0 aliphatic rings. The molecule has 134 valence electrons. The van der Waals surface area contributed by atoms with Gasteiger partial charge in [0.25, 0.3) is 0 Å². The van der Waals surface area contributed by atoms with E-state index < -0.39 is 0 Å². The number of unbranched alkanes of at least 4 members (excludes halogenated alkanes) is 1. The maximum absolute atomic E-state index is 9.21. The third kappa shape index (κ3) is 3.34. The third-order valence-electron chi connectivity index (χ3n) is 4.76. The van der Waals surface area contributed by atoms with Crippen LogP contribution in [0.2, 0.25) is 0 Å². The van der Waals surface area contributed by atoms with Gasteiger partial charge in [0.05, 0.1) is 6.54 Å². The lowest BCUT2D eigenvalue weighted by atomic mass is 10.2. The second-order valence-electron chi connectivity index (χ2n) is 6.61. The minimum absolute atomic E-state index is 0.634. The van der Waals surface area contributed by atoms with Crippen LogP contribution in [0.1, 0.15) is 36.8 Å². The molecule has 0 aliphatic carbocycles. The van der Waals surface area contributed by atoms with Crippen LogP contribution in [0.25, 0.3) is 16.9 Å². The van der Waals surface area contributed by atoms with E-state index in [1.165, 1.54) is 5.56 Å². The van der Waals surface area contributed by atoms with E-state index in [-0.39, 0.29) is 0 Å². The van der Waals surface area contributed by atoms with Gasteiger partial charge in [-0.2, -0.15) is 5.26 Å².